The Morgan fingerprint density at radius 3 is 2.43 bits per heavy atom. The standard InChI is InChI=1S/C16H13ClFNO2/c17-13-8-6-12(7-9-13)16(10-18)11-19(15(20)21-16)14-4-2-1-3-5-14/h1-9H,10-11H2. The van der Waals surface area contributed by atoms with Crippen LogP contribution < -0.4 is 4.90 Å². The smallest absolute Gasteiger partial charge is 0.415 e. The normalized spacial score (nSPS) is 21.4. The molecular formula is C16H13ClFNO2. The molecule has 1 atom stereocenters. The van der Waals surface area contributed by atoms with Crippen molar-refractivity contribution in [2.45, 2.75) is 5.60 Å². The molecule has 0 N–H and O–H groups in total. The molecule has 2 aromatic rings. The molecule has 21 heavy (non-hydrogen) atoms. The lowest BCUT2D eigenvalue weighted by atomic mass is 9.95. The lowest BCUT2D eigenvalue weighted by Crippen LogP contribution is -2.34. The summed E-state index contributed by atoms with van der Waals surface area (Å²) in [6, 6.07) is 15.8. The Kier molecular flexibility index (Phi) is 3.55. The molecule has 5 heteroatoms. The number of cyclic esters (lactones) is 1. The average molecular weight is 306 g/mol. The van der Waals surface area contributed by atoms with Crippen LogP contribution >= 0.6 is 11.6 Å². The van der Waals surface area contributed by atoms with E-state index in [1.807, 2.05) is 18.2 Å². The number of rotatable bonds is 3. The van der Waals surface area contributed by atoms with Gasteiger partial charge in [-0.15, -0.1) is 0 Å². The third-order valence-corrected chi connectivity index (χ3v) is 3.82. The van der Waals surface area contributed by atoms with Crippen molar-refractivity contribution in [2.24, 2.45) is 0 Å². The van der Waals surface area contributed by atoms with E-state index in [1.54, 1.807) is 36.4 Å². The first-order valence-corrected chi connectivity index (χ1v) is 6.90. The summed E-state index contributed by atoms with van der Waals surface area (Å²) in [7, 11) is 0. The number of ether oxygens (including phenoxy) is 1. The van der Waals surface area contributed by atoms with Gasteiger partial charge in [0, 0.05) is 16.3 Å². The highest BCUT2D eigenvalue weighted by atomic mass is 35.5. The lowest BCUT2D eigenvalue weighted by molar-refractivity contribution is 0.0323. The van der Waals surface area contributed by atoms with Crippen LogP contribution in [0.3, 0.4) is 0 Å². The van der Waals surface area contributed by atoms with Crippen molar-refractivity contribution in [3.8, 4) is 0 Å². The Balaban J connectivity index is 1.95. The fraction of sp³-hybridized carbons (Fsp3) is 0.188. The Bertz CT molecular complexity index is 647. The fourth-order valence-electron chi connectivity index (χ4n) is 2.43. The maximum absolute atomic E-state index is 13.7. The van der Waals surface area contributed by atoms with Gasteiger partial charge in [0.1, 0.15) is 6.67 Å². The van der Waals surface area contributed by atoms with Crippen LogP contribution in [-0.4, -0.2) is 19.3 Å². The first-order valence-electron chi connectivity index (χ1n) is 6.52. The van der Waals surface area contributed by atoms with Gasteiger partial charge in [-0.25, -0.2) is 9.18 Å². The van der Waals surface area contributed by atoms with Crippen molar-refractivity contribution < 1.29 is 13.9 Å². The van der Waals surface area contributed by atoms with Gasteiger partial charge in [0.2, 0.25) is 0 Å². The number of hydrogen-bond donors (Lipinski definition) is 0. The summed E-state index contributed by atoms with van der Waals surface area (Å²) < 4.78 is 19.0. The van der Waals surface area contributed by atoms with Gasteiger partial charge in [-0.05, 0) is 24.3 Å². The number of benzene rings is 2. The van der Waals surface area contributed by atoms with Gasteiger partial charge >= 0.3 is 6.09 Å². The minimum Gasteiger partial charge on any atom is -0.433 e. The second-order valence-electron chi connectivity index (χ2n) is 4.92. The SMILES string of the molecule is O=C1OC(CF)(c2ccc(Cl)cc2)CN1c1ccccc1. The molecule has 1 saturated heterocycles. The van der Waals surface area contributed by atoms with E-state index in [4.69, 9.17) is 16.3 Å². The highest BCUT2D eigenvalue weighted by Crippen LogP contribution is 2.36. The van der Waals surface area contributed by atoms with Gasteiger partial charge in [-0.3, -0.25) is 4.90 Å². The monoisotopic (exact) mass is 305 g/mol. The number of carbonyl (C=O) groups is 1. The number of halogens is 2. The molecule has 3 nitrogen and oxygen atoms in total. The van der Waals surface area contributed by atoms with E-state index in [-0.39, 0.29) is 6.54 Å². The molecule has 108 valence electrons. The molecule has 0 saturated carbocycles. The molecule has 3 rings (SSSR count). The molecule has 1 aliphatic heterocycles. The van der Waals surface area contributed by atoms with Gasteiger partial charge in [-0.1, -0.05) is 41.9 Å². The number of amides is 1. The first-order chi connectivity index (χ1) is 10.1. The van der Waals surface area contributed by atoms with Crippen LogP contribution in [0.5, 0.6) is 0 Å². The third kappa shape index (κ3) is 2.47. The molecule has 0 bridgehead atoms. The van der Waals surface area contributed by atoms with Gasteiger partial charge in [0.15, 0.2) is 5.60 Å². The highest BCUT2D eigenvalue weighted by Gasteiger charge is 2.47. The topological polar surface area (TPSA) is 29.5 Å². The van der Waals surface area contributed by atoms with Crippen molar-refractivity contribution in [1.29, 1.82) is 0 Å². The molecule has 0 aliphatic carbocycles. The zero-order valence-corrected chi connectivity index (χ0v) is 11.9. The minimum absolute atomic E-state index is 0.133. The van der Waals surface area contributed by atoms with Crippen molar-refractivity contribution in [2.75, 3.05) is 18.1 Å². The maximum Gasteiger partial charge on any atom is 0.415 e. The van der Waals surface area contributed by atoms with Crippen LogP contribution in [0.2, 0.25) is 5.02 Å². The first kappa shape index (κ1) is 13.9. The van der Waals surface area contributed by atoms with Gasteiger partial charge in [0.25, 0.3) is 0 Å². The number of alkyl halides is 1. The quantitative estimate of drug-likeness (QED) is 0.852. The summed E-state index contributed by atoms with van der Waals surface area (Å²) in [6.07, 6.45) is -0.547. The highest BCUT2D eigenvalue weighted by molar-refractivity contribution is 6.30. The van der Waals surface area contributed by atoms with Crippen molar-refractivity contribution in [3.63, 3.8) is 0 Å². The molecule has 0 spiro atoms. The minimum atomic E-state index is -1.28. The Labute approximate surface area is 126 Å². The zero-order chi connectivity index (χ0) is 14.9. The third-order valence-electron chi connectivity index (χ3n) is 3.57. The van der Waals surface area contributed by atoms with E-state index in [0.717, 1.165) is 0 Å². The van der Waals surface area contributed by atoms with Gasteiger partial charge < -0.3 is 4.74 Å². The summed E-state index contributed by atoms with van der Waals surface area (Å²) in [4.78, 5) is 13.5. The average Bonchev–Trinajstić information content (AvgIpc) is 2.87. The lowest BCUT2D eigenvalue weighted by Gasteiger charge is -2.24. The Hall–Kier alpha value is -2.07. The summed E-state index contributed by atoms with van der Waals surface area (Å²) in [6.45, 7) is -0.655. The molecule has 1 unspecified atom stereocenters. The fourth-order valence-corrected chi connectivity index (χ4v) is 2.56. The largest absolute Gasteiger partial charge is 0.433 e. The molecule has 1 heterocycles. The molecule has 0 radical (unpaired) electrons. The zero-order valence-electron chi connectivity index (χ0n) is 11.1. The molecule has 1 aliphatic rings. The number of para-hydroxylation sites is 1. The summed E-state index contributed by atoms with van der Waals surface area (Å²) in [5.74, 6) is 0. The van der Waals surface area contributed by atoms with E-state index in [9.17, 15) is 9.18 Å². The van der Waals surface area contributed by atoms with Crippen LogP contribution in [0, 0.1) is 0 Å². The van der Waals surface area contributed by atoms with Crippen molar-refractivity contribution in [1.82, 2.24) is 0 Å². The number of hydrogen-bond acceptors (Lipinski definition) is 2. The van der Waals surface area contributed by atoms with Crippen LogP contribution in [0.15, 0.2) is 54.6 Å². The van der Waals surface area contributed by atoms with Crippen molar-refractivity contribution >= 4 is 23.4 Å². The second kappa shape index (κ2) is 5.37. The molecular weight excluding hydrogens is 293 g/mol. The van der Waals surface area contributed by atoms with Crippen LogP contribution in [0.4, 0.5) is 14.9 Å². The van der Waals surface area contributed by atoms with E-state index in [0.29, 0.717) is 16.3 Å². The van der Waals surface area contributed by atoms with Crippen molar-refractivity contribution in [3.05, 3.63) is 65.2 Å². The molecule has 1 amide bonds. The number of carbonyl (C=O) groups excluding carboxylic acids is 1. The van der Waals surface area contributed by atoms with Crippen LogP contribution in [-0.2, 0) is 10.3 Å². The summed E-state index contributed by atoms with van der Waals surface area (Å²) in [5, 5.41) is 0.553. The van der Waals surface area contributed by atoms with E-state index >= 15 is 0 Å². The predicted octanol–water partition coefficient (Wildman–Crippen LogP) is 4.16. The van der Waals surface area contributed by atoms with Crippen LogP contribution in [0.1, 0.15) is 5.56 Å². The summed E-state index contributed by atoms with van der Waals surface area (Å²) >= 11 is 5.85. The summed E-state index contributed by atoms with van der Waals surface area (Å²) in [5.41, 5.74) is 0.00491. The Morgan fingerprint density at radius 2 is 1.81 bits per heavy atom. The molecule has 1 fully saturated rings. The Morgan fingerprint density at radius 1 is 1.14 bits per heavy atom. The maximum atomic E-state index is 13.7. The molecule has 0 aromatic heterocycles. The van der Waals surface area contributed by atoms with E-state index in [2.05, 4.69) is 0 Å². The predicted molar refractivity (Wildman–Crippen MR) is 79.4 cm³/mol. The van der Waals surface area contributed by atoms with Gasteiger partial charge in [0.05, 0.1) is 6.54 Å². The number of nitrogens with zero attached hydrogens (tertiary/aromatic N) is 1. The van der Waals surface area contributed by atoms with Gasteiger partial charge in [-0.2, -0.15) is 0 Å². The molecule has 2 aromatic carbocycles. The van der Waals surface area contributed by atoms with E-state index in [1.165, 1.54) is 4.90 Å². The van der Waals surface area contributed by atoms with E-state index < -0.39 is 18.4 Å². The second-order valence-corrected chi connectivity index (χ2v) is 5.36. The van der Waals surface area contributed by atoms with Crippen LogP contribution in [0.25, 0.3) is 0 Å². The number of anilines is 1.